The van der Waals surface area contributed by atoms with E-state index < -0.39 is 39.0 Å². The van der Waals surface area contributed by atoms with Gasteiger partial charge in [0.1, 0.15) is 6.04 Å². The summed E-state index contributed by atoms with van der Waals surface area (Å²) in [5.41, 5.74) is 4.07. The molecule has 1 aromatic rings. The minimum Gasteiger partial charge on any atom is -0.481 e. The molecule has 0 aromatic carbocycles. The summed E-state index contributed by atoms with van der Waals surface area (Å²) in [5, 5.41) is 24.1. The van der Waals surface area contributed by atoms with Gasteiger partial charge in [-0.1, -0.05) is 73.0 Å². The van der Waals surface area contributed by atoms with Gasteiger partial charge in [-0.3, -0.25) is 9.59 Å². The van der Waals surface area contributed by atoms with Crippen molar-refractivity contribution in [3.63, 3.8) is 0 Å². The summed E-state index contributed by atoms with van der Waals surface area (Å²) < 4.78 is 13.8. The van der Waals surface area contributed by atoms with Crippen LogP contribution in [-0.2, 0) is 19.1 Å². The SMILES string of the molecule is CC(C)[C@@H](C)[C@@]1(C)CC[C@]2(C)[C@H]3CC[C@@H]4[C@@]5(COC[C@]4(C)[C@@H](OC[C@@](C)(C(C)C)N(C)C)[C@H](n4nnc(N)n4)C5)C3=CC(=O)[C@@]2(C)[C@@H]1C(=O)O. The van der Waals surface area contributed by atoms with Gasteiger partial charge >= 0.3 is 5.97 Å². The van der Waals surface area contributed by atoms with Gasteiger partial charge in [-0.25, -0.2) is 0 Å². The van der Waals surface area contributed by atoms with E-state index in [0.29, 0.717) is 38.1 Å². The maximum Gasteiger partial charge on any atom is 0.308 e. The number of carbonyl (C=O) groups is 2. The summed E-state index contributed by atoms with van der Waals surface area (Å²) in [6.07, 6.45) is 5.69. The molecular weight excluding hydrogens is 632 g/mol. The van der Waals surface area contributed by atoms with Gasteiger partial charge in [0.05, 0.1) is 31.8 Å². The van der Waals surface area contributed by atoms with Crippen LogP contribution in [0.4, 0.5) is 5.95 Å². The number of nitrogens with two attached hydrogens (primary N) is 1. The van der Waals surface area contributed by atoms with Gasteiger partial charge < -0.3 is 25.2 Å². The van der Waals surface area contributed by atoms with Crippen molar-refractivity contribution in [2.75, 3.05) is 39.6 Å². The Morgan fingerprint density at radius 2 is 1.82 bits per heavy atom. The fourth-order valence-electron chi connectivity index (χ4n) is 12.3. The zero-order valence-electron chi connectivity index (χ0n) is 32.7. The number of aromatic nitrogens is 4. The molecule has 4 aliphatic carbocycles. The second-order valence-corrected chi connectivity index (χ2v) is 19.1. The minimum absolute atomic E-state index is 0.0421. The van der Waals surface area contributed by atoms with Crippen LogP contribution < -0.4 is 5.73 Å². The number of carboxylic acids is 1. The van der Waals surface area contributed by atoms with Gasteiger partial charge in [-0.05, 0) is 105 Å². The molecule has 11 nitrogen and oxygen atoms in total. The van der Waals surface area contributed by atoms with Crippen molar-refractivity contribution >= 4 is 17.7 Å². The van der Waals surface area contributed by atoms with Crippen LogP contribution in [0.3, 0.4) is 0 Å². The molecule has 2 heterocycles. The third kappa shape index (κ3) is 4.87. The second kappa shape index (κ2) is 12.1. The smallest absolute Gasteiger partial charge is 0.308 e. The average molecular weight is 697 g/mol. The molecule has 0 amide bonds. The summed E-state index contributed by atoms with van der Waals surface area (Å²) in [6, 6.07) is -0.285. The topological polar surface area (TPSA) is 146 Å². The van der Waals surface area contributed by atoms with Crippen molar-refractivity contribution in [1.29, 1.82) is 0 Å². The van der Waals surface area contributed by atoms with Crippen LogP contribution in [0, 0.1) is 62.6 Å². The van der Waals surface area contributed by atoms with Gasteiger partial charge in [0, 0.05) is 21.8 Å². The Labute approximate surface area is 299 Å². The normalized spacial score (nSPS) is 43.1. The van der Waals surface area contributed by atoms with Crippen LogP contribution in [0.5, 0.6) is 0 Å². The molecule has 0 spiro atoms. The number of hydrogen-bond acceptors (Lipinski definition) is 9. The predicted octanol–water partition coefficient (Wildman–Crippen LogP) is 5.93. The van der Waals surface area contributed by atoms with E-state index in [1.165, 1.54) is 0 Å². The fourth-order valence-corrected chi connectivity index (χ4v) is 12.3. The average Bonchev–Trinajstić information content (AvgIpc) is 3.46. The lowest BCUT2D eigenvalue weighted by Gasteiger charge is -2.70. The molecule has 0 unspecified atom stereocenters. The van der Waals surface area contributed by atoms with Crippen molar-refractivity contribution < 1.29 is 24.2 Å². The molecule has 12 atom stereocenters. The molecule has 3 N–H and O–H groups in total. The molecule has 6 rings (SSSR count). The molecule has 1 saturated heterocycles. The van der Waals surface area contributed by atoms with E-state index >= 15 is 4.79 Å². The molecule has 5 aliphatic rings. The molecular formula is C39H64N6O5. The number of carbonyl (C=O) groups excluding carboxylic acids is 1. The highest BCUT2D eigenvalue weighted by Crippen LogP contribution is 2.74. The molecule has 280 valence electrons. The Morgan fingerprint density at radius 1 is 1.14 bits per heavy atom. The van der Waals surface area contributed by atoms with E-state index in [2.05, 4.69) is 96.7 Å². The highest BCUT2D eigenvalue weighted by molar-refractivity contribution is 6.00. The number of ketones is 1. The molecule has 1 aliphatic heterocycles. The summed E-state index contributed by atoms with van der Waals surface area (Å²) in [6.45, 7) is 23.4. The van der Waals surface area contributed by atoms with Gasteiger partial charge in [-0.15, -0.1) is 5.10 Å². The van der Waals surface area contributed by atoms with Crippen molar-refractivity contribution in [2.45, 2.75) is 119 Å². The Balaban J connectivity index is 1.47. The number of carboxylic acid groups (broad SMARTS) is 1. The van der Waals surface area contributed by atoms with E-state index in [0.717, 1.165) is 31.3 Å². The summed E-state index contributed by atoms with van der Waals surface area (Å²) in [4.78, 5) is 32.4. The van der Waals surface area contributed by atoms with Crippen LogP contribution in [0.15, 0.2) is 11.6 Å². The second-order valence-electron chi connectivity index (χ2n) is 19.1. The van der Waals surface area contributed by atoms with Crippen LogP contribution in [0.2, 0.25) is 0 Å². The van der Waals surface area contributed by atoms with Crippen LogP contribution in [0.25, 0.3) is 0 Å². The number of allylic oxidation sites excluding steroid dienone is 1. The van der Waals surface area contributed by atoms with Crippen molar-refractivity contribution in [1.82, 2.24) is 25.1 Å². The van der Waals surface area contributed by atoms with E-state index in [1.807, 2.05) is 13.0 Å². The first-order valence-electron chi connectivity index (χ1n) is 19.1. The van der Waals surface area contributed by atoms with Gasteiger partial charge in [-0.2, -0.15) is 4.80 Å². The van der Waals surface area contributed by atoms with E-state index in [9.17, 15) is 9.90 Å². The van der Waals surface area contributed by atoms with Crippen molar-refractivity contribution in [3.8, 4) is 0 Å². The number of rotatable bonds is 9. The first kappa shape index (κ1) is 37.4. The van der Waals surface area contributed by atoms with E-state index in [-0.39, 0.29) is 47.2 Å². The molecule has 4 fully saturated rings. The van der Waals surface area contributed by atoms with Crippen LogP contribution in [0.1, 0.15) is 107 Å². The molecule has 3 saturated carbocycles. The lowest BCUT2D eigenvalue weighted by Crippen LogP contribution is -2.70. The number of likely N-dealkylation sites (N-methyl/N-ethyl adjacent to an activating group) is 1. The Bertz CT molecular complexity index is 1530. The summed E-state index contributed by atoms with van der Waals surface area (Å²) >= 11 is 0. The van der Waals surface area contributed by atoms with Crippen molar-refractivity contribution in [2.24, 2.45) is 62.6 Å². The zero-order valence-corrected chi connectivity index (χ0v) is 32.7. The molecule has 1 aromatic heterocycles. The Morgan fingerprint density at radius 3 is 2.38 bits per heavy atom. The third-order valence-corrected chi connectivity index (χ3v) is 16.5. The lowest BCUT2D eigenvalue weighted by molar-refractivity contribution is -0.254. The van der Waals surface area contributed by atoms with Crippen LogP contribution >= 0.6 is 0 Å². The zero-order chi connectivity index (χ0) is 37.0. The number of fused-ring (bicyclic) bond motifs is 3. The first-order valence-corrected chi connectivity index (χ1v) is 19.1. The van der Waals surface area contributed by atoms with Gasteiger partial charge in [0.25, 0.3) is 5.95 Å². The standard InChI is InChI=1S/C39H64N6O5/c1-22(2)24(5)34(6)15-16-36(8)25-13-14-28-35(7)19-49-21-39(28,26(25)17-29(46)38(36,10)30(34)32(47)48)18-27(45-42-33(40)41-43-45)31(35)50-20-37(9,23(3)4)44(11)12/h17,22-25,27-28,30-31H,13-16,18-21H2,1-12H3,(H2,40,42)(H,47,48)/t24-,25+,27-,28+,30-,31+,34-,35+,36-,37+,38+,39+/m1/s1. The van der Waals surface area contributed by atoms with E-state index in [4.69, 9.17) is 15.2 Å². The number of tetrazole rings is 1. The molecule has 50 heavy (non-hydrogen) atoms. The highest BCUT2D eigenvalue weighted by atomic mass is 16.5. The molecule has 0 radical (unpaired) electrons. The van der Waals surface area contributed by atoms with Gasteiger partial charge in [0.15, 0.2) is 5.78 Å². The fraction of sp³-hybridized carbons (Fsp3) is 0.872. The van der Waals surface area contributed by atoms with E-state index in [1.54, 1.807) is 4.80 Å². The van der Waals surface area contributed by atoms with Crippen LogP contribution in [-0.4, -0.2) is 87.5 Å². The summed E-state index contributed by atoms with van der Waals surface area (Å²) in [7, 11) is 4.21. The molecule has 2 bridgehead atoms. The highest BCUT2D eigenvalue weighted by Gasteiger charge is 2.74. The minimum atomic E-state index is -1.04. The number of hydrogen-bond donors (Lipinski definition) is 2. The quantitative estimate of drug-likeness (QED) is 0.319. The molecule has 11 heteroatoms. The predicted molar refractivity (Wildman–Crippen MR) is 192 cm³/mol. The Hall–Kier alpha value is -2.37. The number of aliphatic carboxylic acids is 1. The van der Waals surface area contributed by atoms with Gasteiger partial charge in [0.2, 0.25) is 0 Å². The largest absolute Gasteiger partial charge is 0.481 e. The lowest BCUT2D eigenvalue weighted by atomic mass is 9.34. The number of anilines is 1. The maximum atomic E-state index is 15.0. The number of nitrogen functional groups attached to an aromatic ring is 1. The Kier molecular flexibility index (Phi) is 9.04. The van der Waals surface area contributed by atoms with Crippen molar-refractivity contribution in [3.05, 3.63) is 11.6 Å². The number of nitrogens with zero attached hydrogens (tertiary/aromatic N) is 5. The summed E-state index contributed by atoms with van der Waals surface area (Å²) in [5.74, 6) is -0.518. The number of ether oxygens (including phenoxy) is 2. The maximum absolute atomic E-state index is 15.0. The first-order chi connectivity index (χ1) is 23.1. The monoisotopic (exact) mass is 696 g/mol. The third-order valence-electron chi connectivity index (χ3n) is 16.5.